The van der Waals surface area contributed by atoms with E-state index >= 15 is 0 Å². The monoisotopic (exact) mass is 474 g/mol. The van der Waals surface area contributed by atoms with Gasteiger partial charge in [-0.1, -0.05) is 39.9 Å². The molecule has 1 aliphatic heterocycles. The Balaban J connectivity index is 1.86. The molecule has 1 saturated heterocycles. The van der Waals surface area contributed by atoms with Crippen molar-refractivity contribution in [2.45, 2.75) is 89.2 Å². The molecule has 0 spiro atoms. The minimum absolute atomic E-state index is 0.153. The summed E-state index contributed by atoms with van der Waals surface area (Å²) in [5, 5.41) is 21.4. The molecular formula is C19H31N4O6PS. The van der Waals surface area contributed by atoms with Crippen LogP contribution in [0.1, 0.15) is 59.6 Å². The molecule has 174 valence electrons. The van der Waals surface area contributed by atoms with E-state index in [9.17, 15) is 19.7 Å². The second kappa shape index (κ2) is 9.35. The molecule has 1 fully saturated rings. The normalized spacial score (nSPS) is 27.5. The smallest absolute Gasteiger partial charge is 0.331 e. The summed E-state index contributed by atoms with van der Waals surface area (Å²) < 4.78 is 26.5. The summed E-state index contributed by atoms with van der Waals surface area (Å²) in [6.07, 6.45) is 0.280. The van der Waals surface area contributed by atoms with Gasteiger partial charge in [-0.25, -0.2) is 9.97 Å². The third kappa shape index (κ3) is 4.64. The number of aromatic amines is 1. The van der Waals surface area contributed by atoms with Crippen LogP contribution in [0.25, 0.3) is 11.2 Å². The minimum atomic E-state index is -3.87. The van der Waals surface area contributed by atoms with E-state index in [-0.39, 0.29) is 6.42 Å². The number of rotatable bonds is 9. The molecule has 0 aromatic carbocycles. The van der Waals surface area contributed by atoms with Crippen LogP contribution >= 0.6 is 19.8 Å². The maximum absolute atomic E-state index is 12.8. The Morgan fingerprint density at radius 2 is 2.00 bits per heavy atom. The minimum Gasteiger partial charge on any atom is -0.388 e. The van der Waals surface area contributed by atoms with Crippen LogP contribution in [0, 0.1) is 4.64 Å². The zero-order valence-electron chi connectivity index (χ0n) is 18.1. The number of hydrogen-bond donors (Lipinski definition) is 4. The summed E-state index contributed by atoms with van der Waals surface area (Å²) in [6.45, 7) is 7.25. The second-order valence-corrected chi connectivity index (χ2v) is 10.7. The number of nitrogens with one attached hydrogen (secondary N) is 1. The van der Waals surface area contributed by atoms with E-state index in [1.165, 1.54) is 12.7 Å². The van der Waals surface area contributed by atoms with Crippen molar-refractivity contribution in [2.75, 3.05) is 0 Å². The fraction of sp³-hybridized carbons (Fsp3) is 0.737. The molecule has 0 aliphatic carbocycles. The summed E-state index contributed by atoms with van der Waals surface area (Å²) in [6, 6.07) is 0. The lowest BCUT2D eigenvalue weighted by molar-refractivity contribution is -0.0713. The van der Waals surface area contributed by atoms with Gasteiger partial charge in [0.05, 0.1) is 30.0 Å². The molecule has 0 bridgehead atoms. The summed E-state index contributed by atoms with van der Waals surface area (Å²) in [5.74, 6) is 0. The van der Waals surface area contributed by atoms with Gasteiger partial charge in [-0.05, 0) is 19.3 Å². The number of aromatic nitrogens is 4. The van der Waals surface area contributed by atoms with Gasteiger partial charge in [0.25, 0.3) is 0 Å². The lowest BCUT2D eigenvalue weighted by atomic mass is 9.88. The highest BCUT2D eigenvalue weighted by atomic mass is 32.1. The SMILES string of the molecule is CCC(C)P(=O)(O)OC(CC)(CC)CC1OC(n2cnc3c(=S)nc[nH]c32)C(O)C1O. The highest BCUT2D eigenvalue weighted by Crippen LogP contribution is 2.54. The molecule has 4 N–H and O–H groups in total. The Kier molecular flexibility index (Phi) is 7.37. The average Bonchev–Trinajstić information content (AvgIpc) is 3.29. The fourth-order valence-electron chi connectivity index (χ4n) is 3.86. The molecule has 31 heavy (non-hydrogen) atoms. The highest BCUT2D eigenvalue weighted by molar-refractivity contribution is 7.71. The van der Waals surface area contributed by atoms with Crippen LogP contribution < -0.4 is 0 Å². The van der Waals surface area contributed by atoms with E-state index in [2.05, 4.69) is 15.0 Å². The van der Waals surface area contributed by atoms with Gasteiger partial charge in [0, 0.05) is 6.42 Å². The molecule has 3 heterocycles. The van der Waals surface area contributed by atoms with E-state index in [1.807, 2.05) is 20.8 Å². The predicted octanol–water partition coefficient (Wildman–Crippen LogP) is 3.06. The molecule has 0 amide bonds. The predicted molar refractivity (Wildman–Crippen MR) is 117 cm³/mol. The first-order valence-corrected chi connectivity index (χ1v) is 12.6. The number of aliphatic hydroxyl groups excluding tert-OH is 2. The molecule has 0 saturated carbocycles. The zero-order chi connectivity index (χ0) is 23.0. The number of ether oxygens (including phenoxy) is 1. The maximum atomic E-state index is 12.8. The van der Waals surface area contributed by atoms with Gasteiger partial charge in [-0.15, -0.1) is 0 Å². The number of H-pyrrole nitrogens is 1. The van der Waals surface area contributed by atoms with Gasteiger partial charge in [0.1, 0.15) is 23.4 Å². The van der Waals surface area contributed by atoms with Gasteiger partial charge >= 0.3 is 7.60 Å². The molecule has 3 rings (SSSR count). The van der Waals surface area contributed by atoms with Crippen molar-refractivity contribution < 1.29 is 28.9 Å². The molecule has 10 nitrogen and oxygen atoms in total. The molecule has 12 heteroatoms. The quantitative estimate of drug-likeness (QED) is 0.318. The van der Waals surface area contributed by atoms with Crippen molar-refractivity contribution in [1.82, 2.24) is 19.5 Å². The van der Waals surface area contributed by atoms with Crippen molar-refractivity contribution in [1.29, 1.82) is 0 Å². The van der Waals surface area contributed by atoms with Crippen molar-refractivity contribution in [3.8, 4) is 0 Å². The number of fused-ring (bicyclic) bond motifs is 1. The Labute approximate surface area is 186 Å². The summed E-state index contributed by atoms with van der Waals surface area (Å²) >= 11 is 5.18. The highest BCUT2D eigenvalue weighted by Gasteiger charge is 2.49. The maximum Gasteiger partial charge on any atom is 0.331 e. The lowest BCUT2D eigenvalue weighted by Gasteiger charge is -2.37. The van der Waals surface area contributed by atoms with E-state index in [4.69, 9.17) is 21.5 Å². The van der Waals surface area contributed by atoms with Crippen LogP contribution in [0.15, 0.2) is 12.7 Å². The lowest BCUT2D eigenvalue weighted by Crippen LogP contribution is -2.40. The van der Waals surface area contributed by atoms with Gasteiger partial charge in [0.2, 0.25) is 0 Å². The van der Waals surface area contributed by atoms with Crippen LogP contribution in [0.5, 0.6) is 0 Å². The summed E-state index contributed by atoms with van der Waals surface area (Å²) in [5.41, 5.74) is -0.510. The van der Waals surface area contributed by atoms with Crippen LogP contribution in [0.4, 0.5) is 0 Å². The molecular weight excluding hydrogens is 443 g/mol. The average molecular weight is 475 g/mol. The van der Waals surface area contributed by atoms with Crippen molar-refractivity contribution in [3.63, 3.8) is 0 Å². The first kappa shape index (κ1) is 24.4. The third-order valence-corrected chi connectivity index (χ3v) is 8.75. The van der Waals surface area contributed by atoms with Crippen molar-refractivity contribution in [2.24, 2.45) is 0 Å². The Hall–Kier alpha value is -1.20. The number of imidazole rings is 1. The Morgan fingerprint density at radius 3 is 2.61 bits per heavy atom. The van der Waals surface area contributed by atoms with E-state index in [1.54, 1.807) is 11.5 Å². The molecule has 2 aromatic heterocycles. The van der Waals surface area contributed by atoms with E-state index in [0.29, 0.717) is 35.1 Å². The third-order valence-electron chi connectivity index (χ3n) is 6.32. The number of nitrogens with zero attached hydrogens (tertiary/aromatic N) is 3. The van der Waals surface area contributed by atoms with Crippen LogP contribution in [-0.4, -0.2) is 64.2 Å². The molecule has 6 atom stereocenters. The van der Waals surface area contributed by atoms with Crippen molar-refractivity contribution in [3.05, 3.63) is 17.3 Å². The standard InChI is InChI=1S/C19H31N4O6PS/c1-5-11(4)30(26,27)29-19(6-2,7-3)8-12-14(24)15(25)18(28-12)23-10-22-13-16(23)20-9-21-17(13)31/h9-12,14-15,18,24-25H,5-8H2,1-4H3,(H,26,27)(H,20,21,31). The Morgan fingerprint density at radius 1 is 1.32 bits per heavy atom. The van der Waals surface area contributed by atoms with Gasteiger partial charge in [0.15, 0.2) is 10.9 Å². The van der Waals surface area contributed by atoms with Crippen LogP contribution in [0.2, 0.25) is 0 Å². The van der Waals surface area contributed by atoms with Crippen LogP contribution in [-0.2, 0) is 13.8 Å². The van der Waals surface area contributed by atoms with Gasteiger partial charge < -0.3 is 29.4 Å². The molecule has 1 aliphatic rings. The summed E-state index contributed by atoms with van der Waals surface area (Å²) in [4.78, 5) is 21.6. The molecule has 0 radical (unpaired) electrons. The van der Waals surface area contributed by atoms with Crippen LogP contribution in [0.3, 0.4) is 0 Å². The number of aliphatic hydroxyl groups is 2. The topological polar surface area (TPSA) is 143 Å². The zero-order valence-corrected chi connectivity index (χ0v) is 19.8. The second-order valence-electron chi connectivity index (χ2n) is 8.11. The fourth-order valence-corrected chi connectivity index (χ4v) is 5.60. The van der Waals surface area contributed by atoms with Gasteiger partial charge in [-0.2, -0.15) is 0 Å². The Bertz CT molecular complexity index is 1010. The van der Waals surface area contributed by atoms with Gasteiger partial charge in [-0.3, -0.25) is 9.13 Å². The largest absolute Gasteiger partial charge is 0.388 e. The summed E-state index contributed by atoms with van der Waals surface area (Å²) in [7, 11) is -3.87. The first-order chi connectivity index (χ1) is 14.6. The van der Waals surface area contributed by atoms with E-state index in [0.717, 1.165) is 0 Å². The van der Waals surface area contributed by atoms with E-state index < -0.39 is 43.4 Å². The first-order valence-electron chi connectivity index (χ1n) is 10.5. The molecule has 2 aromatic rings. The number of hydrogen-bond acceptors (Lipinski definition) is 8. The molecule has 6 unspecified atom stereocenters. The van der Waals surface area contributed by atoms with Crippen molar-refractivity contribution >= 4 is 31.0 Å².